The molecule has 3 aromatic carbocycles. The molecule has 0 aromatic heterocycles. The number of hydrogen-bond acceptors (Lipinski definition) is 2. The molecule has 22 heavy (non-hydrogen) atoms. The lowest BCUT2D eigenvalue weighted by Gasteiger charge is -2.29. The third-order valence-corrected chi connectivity index (χ3v) is 3.98. The van der Waals surface area contributed by atoms with Gasteiger partial charge in [-0.05, 0) is 16.7 Å². The molecule has 0 aliphatic carbocycles. The van der Waals surface area contributed by atoms with Crippen LogP contribution in [0.2, 0.25) is 0 Å². The molecule has 0 saturated carbocycles. The van der Waals surface area contributed by atoms with E-state index < -0.39 is 5.60 Å². The average Bonchev–Trinajstić information content (AvgIpc) is 2.62. The van der Waals surface area contributed by atoms with Crippen molar-refractivity contribution in [1.29, 1.82) is 0 Å². The highest BCUT2D eigenvalue weighted by molar-refractivity contribution is 5.47. The third-order valence-electron chi connectivity index (χ3n) is 3.69. The highest BCUT2D eigenvalue weighted by Gasteiger charge is 2.42. The highest BCUT2D eigenvalue weighted by Crippen LogP contribution is 2.40. The fraction of sp³-hybridized carbons (Fsp3) is 0.0526. The SMILES string of the molecule is [O-][Cl+]OC(c1ccccc1)(c1ccccc1)c1ccccc1. The van der Waals surface area contributed by atoms with Gasteiger partial charge in [0.2, 0.25) is 5.60 Å². The molecule has 0 radical (unpaired) electrons. The Labute approximate surface area is 134 Å². The first-order chi connectivity index (χ1) is 10.9. The molecule has 0 bridgehead atoms. The predicted octanol–water partition coefficient (Wildman–Crippen LogP) is 3.27. The van der Waals surface area contributed by atoms with E-state index in [1.165, 1.54) is 0 Å². The van der Waals surface area contributed by atoms with Crippen LogP contribution in [0, 0.1) is 11.3 Å². The summed E-state index contributed by atoms with van der Waals surface area (Å²) in [4.78, 5) is 0. The van der Waals surface area contributed by atoms with Gasteiger partial charge < -0.3 is 4.66 Å². The van der Waals surface area contributed by atoms with Gasteiger partial charge >= 0.3 is 11.3 Å². The summed E-state index contributed by atoms with van der Waals surface area (Å²) in [6, 6.07) is 29.4. The molecule has 0 fully saturated rings. The molecule has 0 unspecified atom stereocenters. The summed E-state index contributed by atoms with van der Waals surface area (Å²) in [5.41, 5.74) is 1.79. The summed E-state index contributed by atoms with van der Waals surface area (Å²) < 4.78 is 17.0. The Kier molecular flexibility index (Phi) is 4.54. The van der Waals surface area contributed by atoms with Crippen molar-refractivity contribution in [3.8, 4) is 0 Å². The number of hydrogen-bond donors (Lipinski definition) is 0. The summed E-state index contributed by atoms with van der Waals surface area (Å²) >= 11 is 0.647. The molecule has 0 aliphatic heterocycles. The van der Waals surface area contributed by atoms with E-state index in [0.29, 0.717) is 11.3 Å². The smallest absolute Gasteiger partial charge is 0.332 e. The van der Waals surface area contributed by atoms with Crippen LogP contribution in [0.25, 0.3) is 0 Å². The molecular weight excluding hydrogens is 296 g/mol. The lowest BCUT2D eigenvalue weighted by molar-refractivity contribution is -1.27. The molecule has 0 heterocycles. The van der Waals surface area contributed by atoms with E-state index in [4.69, 9.17) is 4.29 Å². The van der Waals surface area contributed by atoms with Gasteiger partial charge in [-0.2, -0.15) is 0 Å². The molecular formula is C19H15ClO2. The van der Waals surface area contributed by atoms with E-state index >= 15 is 0 Å². The maximum Gasteiger partial charge on any atom is 0.332 e. The quantitative estimate of drug-likeness (QED) is 0.678. The molecule has 0 aliphatic rings. The molecule has 0 N–H and O–H groups in total. The molecule has 0 saturated heterocycles. The Balaban J connectivity index is 2.29. The molecule has 0 spiro atoms. The van der Waals surface area contributed by atoms with Crippen LogP contribution < -0.4 is 4.66 Å². The maximum absolute atomic E-state index is 11.3. The minimum atomic E-state index is -0.945. The first kappa shape index (κ1) is 14.8. The lowest BCUT2D eigenvalue weighted by Crippen LogP contribution is -2.34. The van der Waals surface area contributed by atoms with Crippen LogP contribution in [-0.2, 0) is 9.89 Å². The van der Waals surface area contributed by atoms with Crippen molar-refractivity contribution in [2.24, 2.45) is 0 Å². The van der Waals surface area contributed by atoms with E-state index in [-0.39, 0.29) is 0 Å². The largest absolute Gasteiger partial charge is 0.506 e. The van der Waals surface area contributed by atoms with Gasteiger partial charge in [0.05, 0.1) is 0 Å². The Hall–Kier alpha value is -2.13. The van der Waals surface area contributed by atoms with Gasteiger partial charge in [-0.15, -0.1) is 0 Å². The van der Waals surface area contributed by atoms with Crippen LogP contribution in [0.5, 0.6) is 0 Å². The van der Waals surface area contributed by atoms with Crippen molar-refractivity contribution in [3.63, 3.8) is 0 Å². The average molecular weight is 311 g/mol. The van der Waals surface area contributed by atoms with Crippen molar-refractivity contribution in [2.45, 2.75) is 5.60 Å². The van der Waals surface area contributed by atoms with Crippen molar-refractivity contribution in [1.82, 2.24) is 0 Å². The zero-order chi connectivity index (χ0) is 15.3. The number of rotatable bonds is 5. The van der Waals surface area contributed by atoms with Crippen LogP contribution in [0.15, 0.2) is 91.0 Å². The molecule has 2 nitrogen and oxygen atoms in total. The molecule has 3 heteroatoms. The standard InChI is InChI=1S/C19H15ClO2/c21-20-22-19(16-10-4-1-5-11-16,17-12-6-2-7-13-17)18-14-8-3-9-15-18/h1-15H. The highest BCUT2D eigenvalue weighted by atomic mass is 35.6. The monoisotopic (exact) mass is 310 g/mol. The second kappa shape index (κ2) is 6.75. The summed E-state index contributed by atoms with van der Waals surface area (Å²) in [5.74, 6) is 0. The van der Waals surface area contributed by atoms with E-state index in [1.54, 1.807) is 0 Å². The topological polar surface area (TPSA) is 32.3 Å². The fourth-order valence-electron chi connectivity index (χ4n) is 2.70. The van der Waals surface area contributed by atoms with Crippen LogP contribution >= 0.6 is 0 Å². The molecule has 0 amide bonds. The number of halogens is 1. The van der Waals surface area contributed by atoms with Gasteiger partial charge in [0.1, 0.15) is 0 Å². The van der Waals surface area contributed by atoms with Crippen LogP contribution in [0.3, 0.4) is 0 Å². The van der Waals surface area contributed by atoms with Crippen molar-refractivity contribution in [3.05, 3.63) is 108 Å². The van der Waals surface area contributed by atoms with E-state index in [2.05, 4.69) is 0 Å². The normalized spacial score (nSPS) is 11.3. The third kappa shape index (κ3) is 2.64. The molecule has 3 aromatic rings. The van der Waals surface area contributed by atoms with Gasteiger partial charge in [-0.25, -0.2) is 0 Å². The second-order valence-corrected chi connectivity index (χ2v) is 5.20. The minimum Gasteiger partial charge on any atom is -0.506 e. The first-order valence-corrected chi connectivity index (χ1v) is 7.61. The maximum atomic E-state index is 11.3. The van der Waals surface area contributed by atoms with Crippen LogP contribution in [-0.4, -0.2) is 0 Å². The fourth-order valence-corrected chi connectivity index (χ4v) is 3.06. The predicted molar refractivity (Wildman–Crippen MR) is 80.3 cm³/mol. The Morgan fingerprint density at radius 2 is 0.909 bits per heavy atom. The zero-order valence-corrected chi connectivity index (χ0v) is 12.6. The summed E-state index contributed by atoms with van der Waals surface area (Å²) in [6.07, 6.45) is 0. The van der Waals surface area contributed by atoms with Gasteiger partial charge in [-0.1, -0.05) is 95.3 Å². The van der Waals surface area contributed by atoms with Crippen molar-refractivity contribution >= 4 is 0 Å². The van der Waals surface area contributed by atoms with Gasteiger partial charge in [-0.3, -0.25) is 0 Å². The van der Waals surface area contributed by atoms with Gasteiger partial charge in [0, 0.05) is 0 Å². The van der Waals surface area contributed by atoms with E-state index in [9.17, 15) is 4.66 Å². The summed E-state index contributed by atoms with van der Waals surface area (Å²) in [7, 11) is 0. The summed E-state index contributed by atoms with van der Waals surface area (Å²) in [5, 5.41) is 0. The van der Waals surface area contributed by atoms with Gasteiger partial charge in [0.25, 0.3) is 0 Å². The Morgan fingerprint density at radius 1 is 0.591 bits per heavy atom. The van der Waals surface area contributed by atoms with Gasteiger partial charge in [0.15, 0.2) is 0 Å². The van der Waals surface area contributed by atoms with Crippen LogP contribution in [0.4, 0.5) is 0 Å². The Bertz CT molecular complexity index is 603. The number of benzene rings is 3. The lowest BCUT2D eigenvalue weighted by atomic mass is 9.80. The Morgan fingerprint density at radius 3 is 1.18 bits per heavy atom. The van der Waals surface area contributed by atoms with E-state index in [1.807, 2.05) is 91.0 Å². The van der Waals surface area contributed by atoms with Crippen LogP contribution in [0.1, 0.15) is 16.7 Å². The molecule has 3 rings (SSSR count). The minimum absolute atomic E-state index is 0.647. The molecule has 0 atom stereocenters. The van der Waals surface area contributed by atoms with Crippen molar-refractivity contribution in [2.75, 3.05) is 0 Å². The zero-order valence-electron chi connectivity index (χ0n) is 11.9. The molecule has 110 valence electrons. The van der Waals surface area contributed by atoms with E-state index in [0.717, 1.165) is 16.7 Å². The van der Waals surface area contributed by atoms with Crippen molar-refractivity contribution < 1.29 is 20.3 Å². The first-order valence-electron chi connectivity index (χ1n) is 6.99. The summed E-state index contributed by atoms with van der Waals surface area (Å²) in [6.45, 7) is 0. The second-order valence-electron chi connectivity index (χ2n) is 4.92.